The normalized spacial score (nSPS) is 10.8. The minimum Gasteiger partial charge on any atom is -0.364 e. The summed E-state index contributed by atoms with van der Waals surface area (Å²) in [4.78, 5) is 29.9. The molecule has 0 atom stereocenters. The number of aromatic nitrogens is 3. The molecule has 2 amide bonds. The molecular weight excluding hydrogens is 318 g/mol. The molecule has 0 unspecified atom stereocenters. The van der Waals surface area contributed by atoms with E-state index in [1.807, 2.05) is 37.3 Å². The molecule has 0 aliphatic carbocycles. The number of nitrogens with zero attached hydrogens (tertiary/aromatic N) is 4. The van der Waals surface area contributed by atoms with Crippen LogP contribution in [-0.2, 0) is 18.4 Å². The molecule has 0 radical (unpaired) electrons. The van der Waals surface area contributed by atoms with Gasteiger partial charge in [-0.25, -0.2) is 0 Å². The zero-order chi connectivity index (χ0) is 18.1. The number of hydrogen-bond donors (Lipinski definition) is 1. The van der Waals surface area contributed by atoms with E-state index in [1.165, 1.54) is 22.7 Å². The molecule has 0 aliphatic heterocycles. The van der Waals surface area contributed by atoms with E-state index in [4.69, 9.17) is 5.73 Å². The van der Waals surface area contributed by atoms with Crippen LogP contribution in [0, 0.1) is 6.92 Å². The van der Waals surface area contributed by atoms with Crippen LogP contribution in [0.5, 0.6) is 0 Å². The average Bonchev–Trinajstić information content (AvgIpc) is 2.93. The van der Waals surface area contributed by atoms with Gasteiger partial charge in [0.25, 0.3) is 5.91 Å². The Hall–Kier alpha value is -3.22. The topological polar surface area (TPSA) is 94.1 Å². The number of amides is 2. The second-order valence-electron chi connectivity index (χ2n) is 5.95. The second-order valence-corrected chi connectivity index (χ2v) is 5.95. The number of hydrogen-bond acceptors (Lipinski definition) is 4. The van der Waals surface area contributed by atoms with Crippen molar-refractivity contribution in [3.05, 3.63) is 53.5 Å². The number of aryl methyl sites for hydroxylation is 2. The van der Waals surface area contributed by atoms with Crippen molar-refractivity contribution < 1.29 is 9.59 Å². The lowest BCUT2D eigenvalue weighted by Gasteiger charge is -2.21. The third-order valence-corrected chi connectivity index (χ3v) is 4.06. The zero-order valence-corrected chi connectivity index (χ0v) is 14.4. The quantitative estimate of drug-likeness (QED) is 0.787. The molecule has 1 aromatic carbocycles. The number of primary amides is 1. The number of anilines is 1. The third kappa shape index (κ3) is 3.21. The molecule has 25 heavy (non-hydrogen) atoms. The second kappa shape index (κ2) is 6.35. The Morgan fingerprint density at radius 2 is 1.96 bits per heavy atom. The van der Waals surface area contributed by atoms with Crippen molar-refractivity contribution in [3.63, 3.8) is 0 Å². The van der Waals surface area contributed by atoms with Gasteiger partial charge in [0, 0.05) is 25.1 Å². The van der Waals surface area contributed by atoms with E-state index in [9.17, 15) is 9.59 Å². The molecule has 7 nitrogen and oxygen atoms in total. The molecule has 2 aromatic heterocycles. The van der Waals surface area contributed by atoms with Crippen molar-refractivity contribution in [1.82, 2.24) is 14.8 Å². The third-order valence-electron chi connectivity index (χ3n) is 4.06. The maximum atomic E-state index is 12.2. The number of carbonyl (C=O) groups excluding carboxylic acids is 2. The van der Waals surface area contributed by atoms with E-state index in [1.54, 1.807) is 7.05 Å². The van der Waals surface area contributed by atoms with E-state index in [0.29, 0.717) is 12.2 Å². The van der Waals surface area contributed by atoms with Crippen LogP contribution in [0.3, 0.4) is 0 Å². The lowest BCUT2D eigenvalue weighted by Crippen LogP contribution is -2.30. The van der Waals surface area contributed by atoms with Gasteiger partial charge in [-0.15, -0.1) is 0 Å². The molecule has 3 rings (SSSR count). The van der Waals surface area contributed by atoms with Crippen LogP contribution in [0.1, 0.15) is 28.7 Å². The minimum atomic E-state index is -0.628. The zero-order valence-electron chi connectivity index (χ0n) is 14.4. The Balaban J connectivity index is 2.01. The van der Waals surface area contributed by atoms with E-state index in [-0.39, 0.29) is 11.6 Å². The van der Waals surface area contributed by atoms with Gasteiger partial charge in [0.05, 0.1) is 23.9 Å². The van der Waals surface area contributed by atoms with Gasteiger partial charge in [0.1, 0.15) is 5.69 Å². The van der Waals surface area contributed by atoms with Gasteiger partial charge in [-0.3, -0.25) is 19.3 Å². The summed E-state index contributed by atoms with van der Waals surface area (Å²) in [5, 5.41) is 5.08. The monoisotopic (exact) mass is 337 g/mol. The Labute approximate surface area is 145 Å². The largest absolute Gasteiger partial charge is 0.364 e. The van der Waals surface area contributed by atoms with Gasteiger partial charge < -0.3 is 10.6 Å². The number of pyridine rings is 1. The first-order valence-electron chi connectivity index (χ1n) is 7.83. The van der Waals surface area contributed by atoms with Crippen molar-refractivity contribution in [1.29, 1.82) is 0 Å². The van der Waals surface area contributed by atoms with Crippen molar-refractivity contribution in [3.8, 4) is 0 Å². The predicted octanol–water partition coefficient (Wildman–Crippen LogP) is 1.93. The van der Waals surface area contributed by atoms with Gasteiger partial charge in [0.2, 0.25) is 5.91 Å². The molecule has 0 saturated carbocycles. The van der Waals surface area contributed by atoms with Crippen molar-refractivity contribution >= 4 is 28.4 Å². The van der Waals surface area contributed by atoms with Crippen LogP contribution in [0.15, 0.2) is 36.5 Å². The molecule has 0 aliphatic rings. The summed E-state index contributed by atoms with van der Waals surface area (Å²) in [6, 6.07) is 9.82. The van der Waals surface area contributed by atoms with E-state index in [0.717, 1.165) is 22.2 Å². The molecule has 2 heterocycles. The average molecular weight is 337 g/mol. The highest BCUT2D eigenvalue weighted by Crippen LogP contribution is 2.23. The molecule has 0 saturated heterocycles. The number of fused-ring (bicyclic) bond motifs is 1. The Kier molecular flexibility index (Phi) is 4.22. The Morgan fingerprint density at radius 1 is 1.24 bits per heavy atom. The summed E-state index contributed by atoms with van der Waals surface area (Å²) >= 11 is 0. The van der Waals surface area contributed by atoms with Crippen LogP contribution < -0.4 is 10.6 Å². The molecule has 128 valence electrons. The Bertz CT molecular complexity index is 977. The number of nitrogens with two attached hydrogens (primary N) is 1. The van der Waals surface area contributed by atoms with Crippen molar-refractivity contribution in [2.45, 2.75) is 20.4 Å². The number of carbonyl (C=O) groups is 2. The lowest BCUT2D eigenvalue weighted by molar-refractivity contribution is -0.116. The number of rotatable bonds is 4. The van der Waals surface area contributed by atoms with E-state index < -0.39 is 5.91 Å². The molecule has 7 heteroatoms. The van der Waals surface area contributed by atoms with Crippen molar-refractivity contribution in [2.24, 2.45) is 12.8 Å². The van der Waals surface area contributed by atoms with Crippen LogP contribution in [-0.4, -0.2) is 26.6 Å². The lowest BCUT2D eigenvalue weighted by atomic mass is 10.1. The van der Waals surface area contributed by atoms with Crippen LogP contribution >= 0.6 is 0 Å². The van der Waals surface area contributed by atoms with Gasteiger partial charge in [-0.05, 0) is 24.6 Å². The highest BCUT2D eigenvalue weighted by atomic mass is 16.2. The fourth-order valence-electron chi connectivity index (χ4n) is 2.82. The van der Waals surface area contributed by atoms with Crippen LogP contribution in [0.4, 0.5) is 5.69 Å². The highest BCUT2D eigenvalue weighted by molar-refractivity contribution is 6.02. The van der Waals surface area contributed by atoms with E-state index >= 15 is 0 Å². The molecule has 2 N–H and O–H groups in total. The van der Waals surface area contributed by atoms with Crippen LogP contribution in [0.25, 0.3) is 10.9 Å². The molecular formula is C18H19N5O2. The highest BCUT2D eigenvalue weighted by Gasteiger charge is 2.22. The fourth-order valence-corrected chi connectivity index (χ4v) is 2.82. The first-order chi connectivity index (χ1) is 11.9. The molecule has 3 aromatic rings. The SMILES string of the molecule is CC(=O)N(Cc1ccc2ccc(C)nc2c1)c1cnn(C)c1C(N)=O. The minimum absolute atomic E-state index is 0.199. The molecule has 0 fully saturated rings. The van der Waals surface area contributed by atoms with Gasteiger partial charge >= 0.3 is 0 Å². The molecule has 0 bridgehead atoms. The maximum absolute atomic E-state index is 12.2. The van der Waals surface area contributed by atoms with Gasteiger partial charge in [0.15, 0.2) is 0 Å². The summed E-state index contributed by atoms with van der Waals surface area (Å²) in [5.74, 6) is -0.829. The fraction of sp³-hybridized carbons (Fsp3) is 0.222. The molecule has 0 spiro atoms. The predicted molar refractivity (Wildman–Crippen MR) is 95.1 cm³/mol. The number of benzene rings is 1. The summed E-state index contributed by atoms with van der Waals surface area (Å²) in [7, 11) is 1.62. The standard InChI is InChI=1S/C18H19N5O2/c1-11-4-6-14-7-5-13(8-15(14)21-11)10-23(12(2)24)16-9-20-22(3)17(16)18(19)25/h4-9H,10H2,1-3H3,(H2,19,25). The van der Waals surface area contributed by atoms with E-state index in [2.05, 4.69) is 10.1 Å². The first kappa shape index (κ1) is 16.6. The Morgan fingerprint density at radius 3 is 2.64 bits per heavy atom. The summed E-state index contributed by atoms with van der Waals surface area (Å²) in [6.07, 6.45) is 1.48. The maximum Gasteiger partial charge on any atom is 0.269 e. The van der Waals surface area contributed by atoms with Gasteiger partial charge in [-0.2, -0.15) is 5.10 Å². The summed E-state index contributed by atoms with van der Waals surface area (Å²) in [6.45, 7) is 3.68. The van der Waals surface area contributed by atoms with Crippen LogP contribution in [0.2, 0.25) is 0 Å². The van der Waals surface area contributed by atoms with Crippen molar-refractivity contribution in [2.75, 3.05) is 4.90 Å². The van der Waals surface area contributed by atoms with Gasteiger partial charge in [-0.1, -0.05) is 18.2 Å². The summed E-state index contributed by atoms with van der Waals surface area (Å²) in [5.41, 5.74) is 8.73. The first-order valence-corrected chi connectivity index (χ1v) is 7.83. The smallest absolute Gasteiger partial charge is 0.269 e. The summed E-state index contributed by atoms with van der Waals surface area (Å²) < 4.78 is 1.37.